The quantitative estimate of drug-likeness (QED) is 0.299. The average molecular weight is 368 g/mol. The lowest BCUT2D eigenvalue weighted by atomic mass is 10.1. The SMILES string of the molecule is O=C(Oc1ccc([N+](=O)[O-])cc1)[C@H](Cc1ccccc1)n1c(O)ccc1O. The Morgan fingerprint density at radius 3 is 2.15 bits per heavy atom. The maximum Gasteiger partial charge on any atom is 0.335 e. The predicted octanol–water partition coefficient (Wildman–Crippen LogP) is 3.20. The van der Waals surface area contributed by atoms with Crippen LogP contribution < -0.4 is 4.74 Å². The molecule has 3 aromatic rings. The summed E-state index contributed by atoms with van der Waals surface area (Å²) in [6, 6.07) is 15.6. The van der Waals surface area contributed by atoms with E-state index in [1.165, 1.54) is 36.4 Å². The van der Waals surface area contributed by atoms with Crippen LogP contribution in [0.25, 0.3) is 0 Å². The van der Waals surface area contributed by atoms with Crippen LogP contribution in [-0.4, -0.2) is 25.7 Å². The van der Waals surface area contributed by atoms with E-state index >= 15 is 0 Å². The Morgan fingerprint density at radius 1 is 1.00 bits per heavy atom. The number of aromatic hydroxyl groups is 2. The van der Waals surface area contributed by atoms with Gasteiger partial charge in [-0.2, -0.15) is 0 Å². The highest BCUT2D eigenvalue weighted by molar-refractivity contribution is 5.78. The van der Waals surface area contributed by atoms with E-state index in [1.807, 2.05) is 30.3 Å². The van der Waals surface area contributed by atoms with Gasteiger partial charge in [-0.3, -0.25) is 14.7 Å². The zero-order valence-corrected chi connectivity index (χ0v) is 14.1. The van der Waals surface area contributed by atoms with Gasteiger partial charge in [-0.15, -0.1) is 0 Å². The molecule has 0 aliphatic heterocycles. The first-order valence-corrected chi connectivity index (χ1v) is 8.05. The normalized spacial score (nSPS) is 11.7. The molecule has 8 nitrogen and oxygen atoms in total. The van der Waals surface area contributed by atoms with Gasteiger partial charge in [0.2, 0.25) is 0 Å². The molecule has 3 rings (SSSR count). The topological polar surface area (TPSA) is 115 Å². The van der Waals surface area contributed by atoms with Crippen molar-refractivity contribution < 1.29 is 24.7 Å². The Kier molecular flexibility index (Phi) is 5.07. The van der Waals surface area contributed by atoms with E-state index in [2.05, 4.69) is 0 Å². The van der Waals surface area contributed by atoms with Crippen LogP contribution in [-0.2, 0) is 11.2 Å². The molecule has 2 aromatic carbocycles. The lowest BCUT2D eigenvalue weighted by Gasteiger charge is -2.19. The summed E-state index contributed by atoms with van der Waals surface area (Å²) in [5.41, 5.74) is 0.673. The van der Waals surface area contributed by atoms with Gasteiger partial charge < -0.3 is 14.9 Å². The molecule has 0 unspecified atom stereocenters. The summed E-state index contributed by atoms with van der Waals surface area (Å²) >= 11 is 0. The largest absolute Gasteiger partial charge is 0.494 e. The first-order chi connectivity index (χ1) is 13.0. The Labute approximate surface area is 154 Å². The van der Waals surface area contributed by atoms with Crippen LogP contribution in [0.4, 0.5) is 5.69 Å². The molecule has 8 heteroatoms. The summed E-state index contributed by atoms with van der Waals surface area (Å²) in [5.74, 6) is -1.17. The number of hydrogen-bond donors (Lipinski definition) is 2. The molecule has 0 radical (unpaired) electrons. The van der Waals surface area contributed by atoms with Gasteiger partial charge in [0.1, 0.15) is 11.8 Å². The van der Waals surface area contributed by atoms with Crippen molar-refractivity contribution in [1.82, 2.24) is 4.57 Å². The number of esters is 1. The molecule has 0 fully saturated rings. The van der Waals surface area contributed by atoms with Gasteiger partial charge >= 0.3 is 5.97 Å². The molecule has 0 spiro atoms. The number of hydrogen-bond acceptors (Lipinski definition) is 6. The minimum atomic E-state index is -1.03. The zero-order valence-electron chi connectivity index (χ0n) is 14.1. The van der Waals surface area contributed by atoms with Crippen LogP contribution in [0.3, 0.4) is 0 Å². The summed E-state index contributed by atoms with van der Waals surface area (Å²) in [7, 11) is 0. The molecule has 1 aromatic heterocycles. The van der Waals surface area contributed by atoms with Gasteiger partial charge in [0.15, 0.2) is 11.8 Å². The molecule has 0 aliphatic rings. The van der Waals surface area contributed by atoms with E-state index in [0.29, 0.717) is 0 Å². The molecule has 0 bridgehead atoms. The number of carbonyl (C=O) groups excluding carboxylic acids is 1. The number of rotatable bonds is 6. The van der Waals surface area contributed by atoms with E-state index in [1.54, 1.807) is 0 Å². The van der Waals surface area contributed by atoms with Gasteiger partial charge in [-0.1, -0.05) is 30.3 Å². The van der Waals surface area contributed by atoms with E-state index in [9.17, 15) is 25.1 Å². The van der Waals surface area contributed by atoms with Gasteiger partial charge in [-0.25, -0.2) is 4.79 Å². The van der Waals surface area contributed by atoms with E-state index in [4.69, 9.17) is 4.74 Å². The third-order valence-corrected chi connectivity index (χ3v) is 4.00. The number of aromatic nitrogens is 1. The fraction of sp³-hybridized carbons (Fsp3) is 0.105. The van der Waals surface area contributed by atoms with E-state index in [-0.39, 0.29) is 29.6 Å². The molecule has 138 valence electrons. The molecule has 2 N–H and O–H groups in total. The Balaban J connectivity index is 1.87. The van der Waals surface area contributed by atoms with Crippen molar-refractivity contribution in [3.63, 3.8) is 0 Å². The summed E-state index contributed by atoms with van der Waals surface area (Å²) in [4.78, 5) is 22.9. The van der Waals surface area contributed by atoms with Crippen LogP contribution >= 0.6 is 0 Å². The second kappa shape index (κ2) is 7.61. The molecule has 0 amide bonds. The lowest BCUT2D eigenvalue weighted by Crippen LogP contribution is -2.26. The standard InChI is InChI=1S/C19H16N2O6/c22-17-10-11-18(23)20(17)16(12-13-4-2-1-3-5-13)19(24)27-15-8-6-14(7-9-15)21(25)26/h1-11,16,22-23H,12H2/t16-/m0/s1. The van der Waals surface area contributed by atoms with E-state index in [0.717, 1.165) is 10.1 Å². The fourth-order valence-corrected chi connectivity index (χ4v) is 2.68. The van der Waals surface area contributed by atoms with Crippen molar-refractivity contribution in [2.24, 2.45) is 0 Å². The molecular weight excluding hydrogens is 352 g/mol. The van der Waals surface area contributed by atoms with Gasteiger partial charge in [-0.05, 0) is 17.7 Å². The van der Waals surface area contributed by atoms with Gasteiger partial charge in [0, 0.05) is 30.7 Å². The fourth-order valence-electron chi connectivity index (χ4n) is 2.68. The number of carbonyl (C=O) groups is 1. The summed E-state index contributed by atoms with van der Waals surface area (Å²) in [5, 5.41) is 30.7. The Hall–Kier alpha value is -3.81. The predicted molar refractivity (Wildman–Crippen MR) is 95.7 cm³/mol. The lowest BCUT2D eigenvalue weighted by molar-refractivity contribution is -0.384. The molecule has 0 saturated heterocycles. The number of nitro benzene ring substituents is 1. The third kappa shape index (κ3) is 4.06. The Bertz CT molecular complexity index is 931. The summed E-state index contributed by atoms with van der Waals surface area (Å²) in [6.45, 7) is 0. The monoisotopic (exact) mass is 368 g/mol. The van der Waals surface area contributed by atoms with Crippen molar-refractivity contribution in [3.8, 4) is 17.5 Å². The van der Waals surface area contributed by atoms with Crippen molar-refractivity contribution in [3.05, 3.63) is 82.4 Å². The number of benzene rings is 2. The highest BCUT2D eigenvalue weighted by Gasteiger charge is 2.27. The first-order valence-electron chi connectivity index (χ1n) is 8.05. The first kappa shape index (κ1) is 18.0. The zero-order chi connectivity index (χ0) is 19.4. The smallest absolute Gasteiger partial charge is 0.335 e. The number of nitrogens with zero attached hydrogens (tertiary/aromatic N) is 2. The van der Waals surface area contributed by atoms with Crippen molar-refractivity contribution >= 4 is 11.7 Å². The van der Waals surface area contributed by atoms with Gasteiger partial charge in [0.05, 0.1) is 4.92 Å². The summed E-state index contributed by atoms with van der Waals surface area (Å²) in [6.07, 6.45) is 0.169. The van der Waals surface area contributed by atoms with Crippen LogP contribution in [0.1, 0.15) is 11.6 Å². The molecular formula is C19H16N2O6. The van der Waals surface area contributed by atoms with Crippen LogP contribution in [0.15, 0.2) is 66.7 Å². The second-order valence-electron chi connectivity index (χ2n) is 5.80. The molecule has 1 atom stereocenters. The average Bonchev–Trinajstić information content (AvgIpc) is 2.99. The highest BCUT2D eigenvalue weighted by Crippen LogP contribution is 2.30. The van der Waals surface area contributed by atoms with Crippen LogP contribution in [0.2, 0.25) is 0 Å². The molecule has 0 aliphatic carbocycles. The van der Waals surface area contributed by atoms with Crippen molar-refractivity contribution in [2.45, 2.75) is 12.5 Å². The van der Waals surface area contributed by atoms with Crippen LogP contribution in [0, 0.1) is 10.1 Å². The third-order valence-electron chi connectivity index (χ3n) is 4.00. The Morgan fingerprint density at radius 2 is 1.59 bits per heavy atom. The molecule has 0 saturated carbocycles. The van der Waals surface area contributed by atoms with E-state index < -0.39 is 16.9 Å². The minimum absolute atomic E-state index is 0.120. The number of ether oxygens (including phenoxy) is 1. The highest BCUT2D eigenvalue weighted by atomic mass is 16.6. The minimum Gasteiger partial charge on any atom is -0.494 e. The van der Waals surface area contributed by atoms with Crippen molar-refractivity contribution in [2.75, 3.05) is 0 Å². The maximum absolute atomic E-state index is 12.7. The van der Waals surface area contributed by atoms with Gasteiger partial charge in [0.25, 0.3) is 5.69 Å². The van der Waals surface area contributed by atoms with Crippen LogP contribution in [0.5, 0.6) is 17.5 Å². The molecule has 27 heavy (non-hydrogen) atoms. The summed E-state index contributed by atoms with van der Waals surface area (Å²) < 4.78 is 6.38. The van der Waals surface area contributed by atoms with Crippen molar-refractivity contribution in [1.29, 1.82) is 0 Å². The maximum atomic E-state index is 12.7. The second-order valence-corrected chi connectivity index (χ2v) is 5.80. The number of nitro groups is 1. The number of non-ortho nitro benzene ring substituents is 1. The molecule has 1 heterocycles.